The third kappa shape index (κ3) is 4.13. The fourth-order valence-electron chi connectivity index (χ4n) is 3.67. The van der Waals surface area contributed by atoms with Crippen molar-refractivity contribution in [2.75, 3.05) is 0 Å². The Kier molecular flexibility index (Phi) is 5.81. The van der Waals surface area contributed by atoms with Crippen LogP contribution in [0.25, 0.3) is 5.69 Å². The van der Waals surface area contributed by atoms with Gasteiger partial charge in [0.15, 0.2) is 5.82 Å². The van der Waals surface area contributed by atoms with Crippen molar-refractivity contribution in [1.29, 1.82) is 0 Å². The van der Waals surface area contributed by atoms with Crippen LogP contribution in [0.15, 0.2) is 77.8 Å². The summed E-state index contributed by atoms with van der Waals surface area (Å²) in [4.78, 5) is 4.86. The lowest BCUT2D eigenvalue weighted by Crippen LogP contribution is -2.09. The molecule has 154 valence electrons. The van der Waals surface area contributed by atoms with Crippen LogP contribution in [0.2, 0.25) is 10.0 Å². The minimum absolute atomic E-state index is 0.420. The Morgan fingerprint density at radius 1 is 0.839 bits per heavy atom. The Morgan fingerprint density at radius 3 is 2.48 bits per heavy atom. The van der Waals surface area contributed by atoms with E-state index in [1.807, 2.05) is 60.3 Å². The Labute approximate surface area is 195 Å². The molecular formula is C24H18Cl2N4S. The van der Waals surface area contributed by atoms with Crippen molar-refractivity contribution in [3.05, 3.63) is 111 Å². The Bertz CT molecular complexity index is 1270. The van der Waals surface area contributed by atoms with Gasteiger partial charge < -0.3 is 0 Å². The van der Waals surface area contributed by atoms with E-state index < -0.39 is 0 Å². The molecule has 0 N–H and O–H groups in total. The molecule has 3 aromatic carbocycles. The molecule has 1 aromatic heterocycles. The molecule has 31 heavy (non-hydrogen) atoms. The highest BCUT2D eigenvalue weighted by molar-refractivity contribution is 7.97. The minimum Gasteiger partial charge on any atom is -0.280 e. The summed E-state index contributed by atoms with van der Waals surface area (Å²) >= 11 is 14.7. The highest BCUT2D eigenvalue weighted by Gasteiger charge is 2.24. The first-order chi connectivity index (χ1) is 15.2. The van der Waals surface area contributed by atoms with Crippen LogP contribution in [0.3, 0.4) is 0 Å². The van der Waals surface area contributed by atoms with Crippen molar-refractivity contribution < 1.29 is 0 Å². The largest absolute Gasteiger partial charge is 0.280 e. The van der Waals surface area contributed by atoms with Crippen molar-refractivity contribution in [3.8, 4) is 5.69 Å². The van der Waals surface area contributed by atoms with E-state index in [9.17, 15) is 0 Å². The van der Waals surface area contributed by atoms with Crippen molar-refractivity contribution >= 4 is 40.7 Å². The lowest BCUT2D eigenvalue weighted by Gasteiger charge is -2.14. The highest BCUT2D eigenvalue weighted by atomic mass is 35.5. The molecule has 7 heteroatoms. The maximum Gasteiger partial charge on any atom is 0.159 e. The van der Waals surface area contributed by atoms with Gasteiger partial charge in [0.2, 0.25) is 0 Å². The number of rotatable bonds is 5. The van der Waals surface area contributed by atoms with E-state index in [1.165, 1.54) is 5.56 Å². The summed E-state index contributed by atoms with van der Waals surface area (Å²) in [5.74, 6) is 3.36. The SMILES string of the molecule is Clc1ccc2c(c1)C(c1ccccc1Cl)=NCc1nnc(CSCc3ccccc3)n1-2. The molecule has 4 nitrogen and oxygen atoms in total. The van der Waals surface area contributed by atoms with Gasteiger partial charge in [-0.05, 0) is 29.8 Å². The second-order valence-corrected chi connectivity index (χ2v) is 8.98. The third-order valence-corrected chi connectivity index (χ3v) is 6.67. The molecule has 0 saturated heterocycles. The van der Waals surface area contributed by atoms with Gasteiger partial charge in [-0.2, -0.15) is 0 Å². The van der Waals surface area contributed by atoms with Crippen molar-refractivity contribution in [2.24, 2.45) is 4.99 Å². The van der Waals surface area contributed by atoms with Gasteiger partial charge in [0.1, 0.15) is 12.4 Å². The lowest BCUT2D eigenvalue weighted by atomic mass is 10.0. The summed E-state index contributed by atoms with van der Waals surface area (Å²) < 4.78 is 2.11. The zero-order valence-corrected chi connectivity index (χ0v) is 18.8. The smallest absolute Gasteiger partial charge is 0.159 e. The zero-order valence-electron chi connectivity index (χ0n) is 16.5. The van der Waals surface area contributed by atoms with Gasteiger partial charge in [-0.25, -0.2) is 0 Å². The van der Waals surface area contributed by atoms with E-state index in [2.05, 4.69) is 39.0 Å². The van der Waals surface area contributed by atoms with Gasteiger partial charge in [-0.15, -0.1) is 22.0 Å². The summed E-state index contributed by atoms with van der Waals surface area (Å²) in [7, 11) is 0. The van der Waals surface area contributed by atoms with Crippen LogP contribution in [0.1, 0.15) is 28.3 Å². The first-order valence-corrected chi connectivity index (χ1v) is 11.8. The molecule has 1 aliphatic heterocycles. The van der Waals surface area contributed by atoms with E-state index in [0.717, 1.165) is 45.7 Å². The van der Waals surface area contributed by atoms with Crippen LogP contribution in [-0.4, -0.2) is 20.5 Å². The molecule has 1 aliphatic rings. The highest BCUT2D eigenvalue weighted by Crippen LogP contribution is 2.31. The average Bonchev–Trinajstić information content (AvgIpc) is 3.11. The standard InChI is InChI=1S/C24H18Cl2N4S/c25-17-10-11-21-19(12-17)24(18-8-4-5-9-20(18)26)27-13-22-28-29-23(30(21)22)15-31-14-16-6-2-1-3-7-16/h1-12H,13-15H2. The third-order valence-electron chi connectivity index (χ3n) is 5.10. The Hall–Kier alpha value is -2.60. The molecule has 0 radical (unpaired) electrons. The van der Waals surface area contributed by atoms with Crippen LogP contribution < -0.4 is 0 Å². The Morgan fingerprint density at radius 2 is 1.65 bits per heavy atom. The molecule has 0 unspecified atom stereocenters. The Balaban J connectivity index is 1.52. The molecule has 4 aromatic rings. The molecule has 0 aliphatic carbocycles. The monoisotopic (exact) mass is 464 g/mol. The predicted molar refractivity (Wildman–Crippen MR) is 129 cm³/mol. The van der Waals surface area contributed by atoms with Crippen molar-refractivity contribution in [3.63, 3.8) is 0 Å². The van der Waals surface area contributed by atoms with E-state index in [0.29, 0.717) is 16.6 Å². The maximum atomic E-state index is 6.51. The maximum absolute atomic E-state index is 6.51. The molecule has 0 saturated carbocycles. The number of thioether (sulfide) groups is 1. The van der Waals surface area contributed by atoms with Crippen LogP contribution in [-0.2, 0) is 18.1 Å². The first-order valence-electron chi connectivity index (χ1n) is 9.85. The predicted octanol–water partition coefficient (Wildman–Crippen LogP) is 6.36. The van der Waals surface area contributed by atoms with Gasteiger partial charge in [-0.3, -0.25) is 9.56 Å². The minimum atomic E-state index is 0.420. The molecule has 5 rings (SSSR count). The van der Waals surface area contributed by atoms with Crippen LogP contribution >= 0.6 is 35.0 Å². The number of hydrogen-bond donors (Lipinski definition) is 0. The molecular weight excluding hydrogens is 447 g/mol. The van der Waals surface area contributed by atoms with Crippen molar-refractivity contribution in [1.82, 2.24) is 14.8 Å². The molecule has 0 bridgehead atoms. The summed E-state index contributed by atoms with van der Waals surface area (Å²) in [5.41, 5.74) is 4.88. The average molecular weight is 465 g/mol. The quantitative estimate of drug-likeness (QED) is 0.345. The number of hydrogen-bond acceptors (Lipinski definition) is 4. The van der Waals surface area contributed by atoms with Gasteiger partial charge >= 0.3 is 0 Å². The first kappa shape index (κ1) is 20.3. The molecule has 0 amide bonds. The summed E-state index contributed by atoms with van der Waals surface area (Å²) in [6.45, 7) is 0.420. The van der Waals surface area contributed by atoms with Crippen LogP contribution in [0.5, 0.6) is 0 Å². The van der Waals surface area contributed by atoms with E-state index >= 15 is 0 Å². The van der Waals surface area contributed by atoms with Gasteiger partial charge in [-0.1, -0.05) is 71.7 Å². The normalized spacial score (nSPS) is 12.6. The van der Waals surface area contributed by atoms with Crippen molar-refractivity contribution in [2.45, 2.75) is 18.1 Å². The molecule has 2 heterocycles. The lowest BCUT2D eigenvalue weighted by molar-refractivity contribution is 0.859. The molecule has 0 atom stereocenters. The number of benzene rings is 3. The van der Waals surface area contributed by atoms with E-state index in [4.69, 9.17) is 28.2 Å². The summed E-state index contributed by atoms with van der Waals surface area (Å²) in [6, 6.07) is 24.0. The number of halogens is 2. The second kappa shape index (κ2) is 8.87. The number of fused-ring (bicyclic) bond motifs is 3. The number of aromatic nitrogens is 3. The zero-order chi connectivity index (χ0) is 21.2. The number of nitrogens with zero attached hydrogens (tertiary/aromatic N) is 4. The van der Waals surface area contributed by atoms with Gasteiger partial charge in [0.25, 0.3) is 0 Å². The fraction of sp³-hybridized carbons (Fsp3) is 0.125. The second-order valence-electron chi connectivity index (χ2n) is 7.15. The van der Waals surface area contributed by atoms with Crippen LogP contribution in [0, 0.1) is 0 Å². The summed E-state index contributed by atoms with van der Waals surface area (Å²) in [6.07, 6.45) is 0. The summed E-state index contributed by atoms with van der Waals surface area (Å²) in [5, 5.41) is 10.2. The topological polar surface area (TPSA) is 43.1 Å². The van der Waals surface area contributed by atoms with E-state index in [-0.39, 0.29) is 0 Å². The van der Waals surface area contributed by atoms with Crippen LogP contribution in [0.4, 0.5) is 0 Å². The molecule has 0 fully saturated rings. The fourth-order valence-corrected chi connectivity index (χ4v) is 4.97. The number of aliphatic imine (C=N–C) groups is 1. The van der Waals surface area contributed by atoms with Gasteiger partial charge in [0, 0.05) is 26.9 Å². The molecule has 0 spiro atoms. The van der Waals surface area contributed by atoms with E-state index in [1.54, 1.807) is 0 Å². The van der Waals surface area contributed by atoms with Gasteiger partial charge in [0.05, 0.1) is 17.2 Å².